The maximum Gasteiger partial charge on any atom is 0.323 e. The van der Waals surface area contributed by atoms with Crippen LogP contribution in [0.2, 0.25) is 10.0 Å². The van der Waals surface area contributed by atoms with Gasteiger partial charge in [0.2, 0.25) is 0 Å². The standard InChI is InChI=1S/C38H36Cl2N4O2/c1-37(2,27-15-19-31(20-16-27)41-35(45)43-33-9-5-7-29(39)23-33)25-11-13-26(14-12-25)38(3,4)28-17-21-32(22-18-28)42-36(46)44-34-10-6-8-30(40)24-34/h5-24H,1-4H3,(H2,41,43,45)(H2,42,44,46). The first-order valence-corrected chi connectivity index (χ1v) is 15.6. The van der Waals surface area contributed by atoms with E-state index in [2.05, 4.69) is 73.2 Å². The number of amides is 4. The van der Waals surface area contributed by atoms with Crippen molar-refractivity contribution in [2.24, 2.45) is 0 Å². The van der Waals surface area contributed by atoms with E-state index >= 15 is 0 Å². The normalized spacial score (nSPS) is 11.4. The first-order chi connectivity index (χ1) is 21.9. The van der Waals surface area contributed by atoms with Crippen LogP contribution in [0.15, 0.2) is 121 Å². The van der Waals surface area contributed by atoms with Crippen molar-refractivity contribution in [3.63, 3.8) is 0 Å². The highest BCUT2D eigenvalue weighted by Crippen LogP contribution is 2.36. The zero-order valence-corrected chi connectivity index (χ0v) is 27.6. The number of benzene rings is 5. The van der Waals surface area contributed by atoms with Gasteiger partial charge in [0.1, 0.15) is 0 Å². The summed E-state index contributed by atoms with van der Waals surface area (Å²) in [6.07, 6.45) is 0. The molecule has 0 heterocycles. The van der Waals surface area contributed by atoms with Gasteiger partial charge in [-0.15, -0.1) is 0 Å². The molecule has 46 heavy (non-hydrogen) atoms. The molecule has 6 nitrogen and oxygen atoms in total. The topological polar surface area (TPSA) is 82.3 Å². The maximum absolute atomic E-state index is 12.5. The van der Waals surface area contributed by atoms with Crippen molar-refractivity contribution in [3.8, 4) is 0 Å². The molecule has 5 aromatic carbocycles. The summed E-state index contributed by atoms with van der Waals surface area (Å²) < 4.78 is 0. The van der Waals surface area contributed by atoms with Crippen LogP contribution in [-0.2, 0) is 10.8 Å². The molecule has 4 N–H and O–H groups in total. The van der Waals surface area contributed by atoms with Gasteiger partial charge < -0.3 is 21.3 Å². The average molecular weight is 652 g/mol. The molecule has 234 valence electrons. The van der Waals surface area contributed by atoms with Crippen molar-refractivity contribution < 1.29 is 9.59 Å². The lowest BCUT2D eigenvalue weighted by Crippen LogP contribution is -2.22. The lowest BCUT2D eigenvalue weighted by Gasteiger charge is -2.30. The molecular weight excluding hydrogens is 615 g/mol. The summed E-state index contributed by atoms with van der Waals surface area (Å²) in [6.45, 7) is 8.76. The molecule has 0 unspecified atom stereocenters. The van der Waals surface area contributed by atoms with E-state index in [1.807, 2.05) is 48.5 Å². The average Bonchev–Trinajstić information content (AvgIpc) is 3.01. The van der Waals surface area contributed by atoms with E-state index in [0.29, 0.717) is 32.8 Å². The van der Waals surface area contributed by atoms with E-state index in [1.165, 1.54) is 11.1 Å². The van der Waals surface area contributed by atoms with Gasteiger partial charge in [0.15, 0.2) is 0 Å². The van der Waals surface area contributed by atoms with E-state index in [-0.39, 0.29) is 22.9 Å². The monoisotopic (exact) mass is 650 g/mol. The van der Waals surface area contributed by atoms with Gasteiger partial charge in [0, 0.05) is 43.6 Å². The highest BCUT2D eigenvalue weighted by atomic mass is 35.5. The molecule has 4 amide bonds. The van der Waals surface area contributed by atoms with Crippen molar-refractivity contribution in [2.75, 3.05) is 21.3 Å². The second-order valence-corrected chi connectivity index (χ2v) is 13.0. The van der Waals surface area contributed by atoms with Gasteiger partial charge in [0.25, 0.3) is 0 Å². The van der Waals surface area contributed by atoms with Gasteiger partial charge in [-0.25, -0.2) is 9.59 Å². The summed E-state index contributed by atoms with van der Waals surface area (Å²) in [5, 5.41) is 12.4. The van der Waals surface area contributed by atoms with Crippen LogP contribution in [-0.4, -0.2) is 12.1 Å². The Morgan fingerprint density at radius 2 is 0.717 bits per heavy atom. The number of halogens is 2. The number of carbonyl (C=O) groups is 2. The molecule has 8 heteroatoms. The molecule has 0 aliphatic rings. The number of anilines is 4. The van der Waals surface area contributed by atoms with E-state index in [0.717, 1.165) is 11.1 Å². The minimum atomic E-state index is -0.335. The lowest BCUT2D eigenvalue weighted by molar-refractivity contribution is 0.261. The second-order valence-electron chi connectivity index (χ2n) is 12.2. The minimum Gasteiger partial charge on any atom is -0.308 e. The summed E-state index contributed by atoms with van der Waals surface area (Å²) in [6, 6.07) is 37.9. The van der Waals surface area contributed by atoms with Gasteiger partial charge in [-0.1, -0.05) is 112 Å². The Kier molecular flexibility index (Phi) is 9.71. The van der Waals surface area contributed by atoms with E-state index < -0.39 is 0 Å². The van der Waals surface area contributed by atoms with E-state index in [4.69, 9.17) is 23.2 Å². The van der Waals surface area contributed by atoms with Gasteiger partial charge >= 0.3 is 12.1 Å². The van der Waals surface area contributed by atoms with Gasteiger partial charge in [-0.05, 0) is 82.9 Å². The second kappa shape index (κ2) is 13.7. The lowest BCUT2D eigenvalue weighted by atomic mass is 9.74. The quantitative estimate of drug-likeness (QED) is 0.135. The van der Waals surface area contributed by atoms with Crippen LogP contribution in [0.3, 0.4) is 0 Å². The third-order valence-electron chi connectivity index (χ3n) is 8.22. The maximum atomic E-state index is 12.5. The third-order valence-corrected chi connectivity index (χ3v) is 8.69. The fourth-order valence-electron chi connectivity index (χ4n) is 5.30. The predicted octanol–water partition coefficient (Wildman–Crippen LogP) is 10.9. The molecule has 0 fully saturated rings. The molecule has 0 saturated heterocycles. The summed E-state index contributed by atoms with van der Waals surface area (Å²) in [7, 11) is 0. The summed E-state index contributed by atoms with van der Waals surface area (Å²) >= 11 is 12.0. The third kappa shape index (κ3) is 7.89. The van der Waals surface area contributed by atoms with Crippen LogP contribution in [0, 0.1) is 0 Å². The Hall–Kier alpha value is -4.78. The molecule has 0 aromatic heterocycles. The molecular formula is C38H36Cl2N4O2. The number of nitrogens with one attached hydrogen (secondary N) is 4. The van der Waals surface area contributed by atoms with Crippen LogP contribution in [0.5, 0.6) is 0 Å². The highest BCUT2D eigenvalue weighted by molar-refractivity contribution is 6.31. The molecule has 5 rings (SSSR count). The Bertz CT molecular complexity index is 1700. The molecule has 5 aromatic rings. The van der Waals surface area contributed by atoms with Crippen molar-refractivity contribution in [3.05, 3.63) is 154 Å². The fraction of sp³-hybridized carbons (Fsp3) is 0.158. The van der Waals surface area contributed by atoms with Crippen LogP contribution < -0.4 is 21.3 Å². The Morgan fingerprint density at radius 3 is 1.02 bits per heavy atom. The van der Waals surface area contributed by atoms with Gasteiger partial charge in [0.05, 0.1) is 0 Å². The molecule has 0 bridgehead atoms. The van der Waals surface area contributed by atoms with Crippen molar-refractivity contribution >= 4 is 58.0 Å². The van der Waals surface area contributed by atoms with Crippen molar-refractivity contribution in [2.45, 2.75) is 38.5 Å². The Labute approximate surface area is 280 Å². The van der Waals surface area contributed by atoms with E-state index in [9.17, 15) is 9.59 Å². The number of hydrogen-bond donors (Lipinski definition) is 4. The fourth-order valence-corrected chi connectivity index (χ4v) is 5.68. The molecule has 0 spiro atoms. The molecule has 0 saturated carbocycles. The Morgan fingerprint density at radius 1 is 0.435 bits per heavy atom. The zero-order chi connectivity index (χ0) is 32.9. The Balaban J connectivity index is 1.21. The first kappa shape index (κ1) is 32.6. The number of hydrogen-bond acceptors (Lipinski definition) is 2. The summed E-state index contributed by atoms with van der Waals surface area (Å²) in [5.74, 6) is 0. The molecule has 0 aliphatic heterocycles. The summed E-state index contributed by atoms with van der Waals surface area (Å²) in [4.78, 5) is 24.9. The van der Waals surface area contributed by atoms with Crippen molar-refractivity contribution in [1.29, 1.82) is 0 Å². The molecule has 0 radical (unpaired) electrons. The molecule has 0 atom stereocenters. The SMILES string of the molecule is CC(C)(c1ccc(NC(=O)Nc2cccc(Cl)c2)cc1)c1ccc(C(C)(C)c2ccc(NC(=O)Nc3cccc(Cl)c3)cc2)cc1. The first-order valence-electron chi connectivity index (χ1n) is 14.9. The van der Waals surface area contributed by atoms with Gasteiger partial charge in [-0.2, -0.15) is 0 Å². The number of rotatable bonds is 8. The summed E-state index contributed by atoms with van der Waals surface area (Å²) in [5.41, 5.74) is 6.72. The van der Waals surface area contributed by atoms with Crippen LogP contribution in [0.1, 0.15) is 49.9 Å². The minimum absolute atomic E-state index is 0.261. The predicted molar refractivity (Wildman–Crippen MR) is 192 cm³/mol. The van der Waals surface area contributed by atoms with E-state index in [1.54, 1.807) is 48.5 Å². The van der Waals surface area contributed by atoms with Crippen molar-refractivity contribution in [1.82, 2.24) is 0 Å². The number of carbonyl (C=O) groups excluding carboxylic acids is 2. The van der Waals surface area contributed by atoms with Crippen LogP contribution in [0.4, 0.5) is 32.3 Å². The highest BCUT2D eigenvalue weighted by Gasteiger charge is 2.26. The van der Waals surface area contributed by atoms with Crippen LogP contribution >= 0.6 is 23.2 Å². The van der Waals surface area contributed by atoms with Crippen LogP contribution in [0.25, 0.3) is 0 Å². The largest absolute Gasteiger partial charge is 0.323 e. The van der Waals surface area contributed by atoms with Gasteiger partial charge in [-0.3, -0.25) is 0 Å². The smallest absolute Gasteiger partial charge is 0.308 e. The molecule has 0 aliphatic carbocycles. The number of urea groups is 2. The zero-order valence-electron chi connectivity index (χ0n) is 26.1.